The molecule has 0 atom stereocenters. The summed E-state index contributed by atoms with van der Waals surface area (Å²) < 4.78 is 5.72. The van der Waals surface area contributed by atoms with Gasteiger partial charge in [0.25, 0.3) is 0 Å². The molecule has 0 saturated heterocycles. The first-order valence-corrected chi connectivity index (χ1v) is 5.89. The Morgan fingerprint density at radius 2 is 2.00 bits per heavy atom. The van der Waals surface area contributed by atoms with Crippen molar-refractivity contribution in [1.82, 2.24) is 0 Å². The third-order valence-electron chi connectivity index (χ3n) is 3.63. The number of rotatable bonds is 2. The van der Waals surface area contributed by atoms with Gasteiger partial charge in [-0.15, -0.1) is 0 Å². The molecule has 1 aliphatic carbocycles. The van der Waals surface area contributed by atoms with Gasteiger partial charge in [-0.2, -0.15) is 0 Å². The maximum Gasteiger partial charge on any atom is 0.117 e. The molecule has 0 unspecified atom stereocenters. The molecule has 2 rings (SSSR count). The van der Waals surface area contributed by atoms with Gasteiger partial charge in [-0.3, -0.25) is 0 Å². The van der Waals surface area contributed by atoms with Crippen molar-refractivity contribution in [2.75, 3.05) is 0 Å². The van der Waals surface area contributed by atoms with Crippen LogP contribution in [-0.4, -0.2) is 0 Å². The summed E-state index contributed by atoms with van der Waals surface area (Å²) in [6, 6.07) is 4.11. The number of furan rings is 1. The van der Waals surface area contributed by atoms with Crippen LogP contribution < -0.4 is 5.73 Å². The third-order valence-corrected chi connectivity index (χ3v) is 3.63. The minimum atomic E-state index is 0.512. The molecule has 1 aliphatic rings. The van der Waals surface area contributed by atoms with Crippen molar-refractivity contribution in [3.05, 3.63) is 23.7 Å². The summed E-state index contributed by atoms with van der Waals surface area (Å²) in [6.07, 6.45) is 5.11. The van der Waals surface area contributed by atoms with E-state index in [1.54, 1.807) is 0 Å². The highest BCUT2D eigenvalue weighted by Gasteiger charge is 2.28. The topological polar surface area (TPSA) is 39.2 Å². The lowest BCUT2D eigenvalue weighted by atomic mass is 9.72. The van der Waals surface area contributed by atoms with E-state index >= 15 is 0 Å². The van der Waals surface area contributed by atoms with E-state index in [9.17, 15) is 0 Å². The predicted molar refractivity (Wildman–Crippen MR) is 61.6 cm³/mol. The molecule has 0 aromatic carbocycles. The second-order valence-corrected chi connectivity index (χ2v) is 5.45. The van der Waals surface area contributed by atoms with Gasteiger partial charge in [-0.05, 0) is 43.2 Å². The van der Waals surface area contributed by atoms with Crippen molar-refractivity contribution in [3.63, 3.8) is 0 Å². The quantitative estimate of drug-likeness (QED) is 0.807. The van der Waals surface area contributed by atoms with E-state index in [0.29, 0.717) is 17.9 Å². The molecular weight excluding hydrogens is 186 g/mol. The van der Waals surface area contributed by atoms with E-state index in [-0.39, 0.29) is 0 Å². The van der Waals surface area contributed by atoms with Gasteiger partial charge in [0, 0.05) is 5.92 Å². The Kier molecular flexibility index (Phi) is 2.87. The highest BCUT2D eigenvalue weighted by molar-refractivity contribution is 5.12. The standard InChI is InChI=1S/C13H21NO/c1-13(2)7-5-10(6-8-13)12-4-3-11(9-14)15-12/h3-4,10H,5-9,14H2,1-2H3. The molecule has 0 amide bonds. The van der Waals surface area contributed by atoms with Gasteiger partial charge in [-0.1, -0.05) is 13.8 Å². The minimum absolute atomic E-state index is 0.512. The fraction of sp³-hybridized carbons (Fsp3) is 0.692. The van der Waals surface area contributed by atoms with Crippen molar-refractivity contribution >= 4 is 0 Å². The summed E-state index contributed by atoms with van der Waals surface area (Å²) in [6.45, 7) is 5.23. The molecule has 0 bridgehead atoms. The maximum absolute atomic E-state index is 5.72. The predicted octanol–water partition coefficient (Wildman–Crippen LogP) is 3.42. The Morgan fingerprint density at radius 3 is 2.53 bits per heavy atom. The van der Waals surface area contributed by atoms with E-state index in [0.717, 1.165) is 11.5 Å². The van der Waals surface area contributed by atoms with Crippen LogP contribution in [0, 0.1) is 5.41 Å². The second kappa shape index (κ2) is 4.01. The fourth-order valence-electron chi connectivity index (χ4n) is 2.41. The van der Waals surface area contributed by atoms with Crippen LogP contribution in [0.5, 0.6) is 0 Å². The second-order valence-electron chi connectivity index (χ2n) is 5.45. The SMILES string of the molecule is CC1(C)CCC(c2ccc(CN)o2)CC1. The third kappa shape index (κ3) is 2.43. The van der Waals surface area contributed by atoms with Crippen LogP contribution in [0.4, 0.5) is 0 Å². The van der Waals surface area contributed by atoms with E-state index in [1.807, 2.05) is 6.07 Å². The first-order valence-electron chi connectivity index (χ1n) is 5.89. The van der Waals surface area contributed by atoms with Crippen LogP contribution in [0.15, 0.2) is 16.5 Å². The zero-order valence-electron chi connectivity index (χ0n) is 9.75. The van der Waals surface area contributed by atoms with Crippen LogP contribution in [-0.2, 0) is 6.54 Å². The zero-order chi connectivity index (χ0) is 10.9. The lowest BCUT2D eigenvalue weighted by molar-refractivity contribution is 0.211. The minimum Gasteiger partial charge on any atom is -0.464 e. The van der Waals surface area contributed by atoms with Gasteiger partial charge in [0.15, 0.2) is 0 Å². The molecule has 1 fully saturated rings. The molecule has 0 spiro atoms. The molecular formula is C13H21NO. The Hall–Kier alpha value is -0.760. The highest BCUT2D eigenvalue weighted by atomic mass is 16.3. The Morgan fingerprint density at radius 1 is 1.33 bits per heavy atom. The average Bonchev–Trinajstić information content (AvgIpc) is 2.66. The normalized spacial score (nSPS) is 21.8. The van der Waals surface area contributed by atoms with Crippen LogP contribution >= 0.6 is 0 Å². The molecule has 1 aromatic rings. The Bertz CT molecular complexity index is 317. The molecule has 2 heteroatoms. The molecule has 1 aromatic heterocycles. The summed E-state index contributed by atoms with van der Waals surface area (Å²) in [5.74, 6) is 2.68. The van der Waals surface area contributed by atoms with Crippen molar-refractivity contribution < 1.29 is 4.42 Å². The largest absolute Gasteiger partial charge is 0.464 e. The van der Waals surface area contributed by atoms with Gasteiger partial charge in [0.1, 0.15) is 11.5 Å². The number of nitrogens with two attached hydrogens (primary N) is 1. The first-order chi connectivity index (χ1) is 7.11. The average molecular weight is 207 g/mol. The van der Waals surface area contributed by atoms with Crippen LogP contribution in [0.1, 0.15) is 57.0 Å². The summed E-state index contributed by atoms with van der Waals surface area (Å²) in [4.78, 5) is 0. The molecule has 1 saturated carbocycles. The molecule has 1 heterocycles. The van der Waals surface area contributed by atoms with Gasteiger partial charge in [0.05, 0.1) is 6.54 Å². The lowest BCUT2D eigenvalue weighted by Gasteiger charge is -2.33. The first kappa shape index (κ1) is 10.7. The monoisotopic (exact) mass is 207 g/mol. The lowest BCUT2D eigenvalue weighted by Crippen LogP contribution is -2.19. The van der Waals surface area contributed by atoms with E-state index < -0.39 is 0 Å². The summed E-state index contributed by atoms with van der Waals surface area (Å²) >= 11 is 0. The summed E-state index contributed by atoms with van der Waals surface area (Å²) in [5, 5.41) is 0. The molecule has 15 heavy (non-hydrogen) atoms. The molecule has 0 aliphatic heterocycles. The Balaban J connectivity index is 2.01. The summed E-state index contributed by atoms with van der Waals surface area (Å²) in [5.41, 5.74) is 6.07. The van der Waals surface area contributed by atoms with E-state index in [1.165, 1.54) is 25.7 Å². The Labute approximate surface area is 91.8 Å². The molecule has 0 radical (unpaired) electrons. The number of hydrogen-bond acceptors (Lipinski definition) is 2. The van der Waals surface area contributed by atoms with Crippen molar-refractivity contribution in [2.45, 2.75) is 52.0 Å². The zero-order valence-corrected chi connectivity index (χ0v) is 9.75. The highest BCUT2D eigenvalue weighted by Crippen LogP contribution is 2.42. The van der Waals surface area contributed by atoms with Crippen LogP contribution in [0.2, 0.25) is 0 Å². The van der Waals surface area contributed by atoms with Crippen LogP contribution in [0.25, 0.3) is 0 Å². The van der Waals surface area contributed by atoms with Crippen molar-refractivity contribution in [2.24, 2.45) is 11.1 Å². The van der Waals surface area contributed by atoms with E-state index in [4.69, 9.17) is 10.2 Å². The van der Waals surface area contributed by atoms with Gasteiger partial charge in [-0.25, -0.2) is 0 Å². The number of hydrogen-bond donors (Lipinski definition) is 1. The fourth-order valence-corrected chi connectivity index (χ4v) is 2.41. The van der Waals surface area contributed by atoms with Gasteiger partial charge in [0.2, 0.25) is 0 Å². The van der Waals surface area contributed by atoms with Gasteiger partial charge >= 0.3 is 0 Å². The van der Waals surface area contributed by atoms with E-state index in [2.05, 4.69) is 19.9 Å². The van der Waals surface area contributed by atoms with Gasteiger partial charge < -0.3 is 10.2 Å². The van der Waals surface area contributed by atoms with Crippen molar-refractivity contribution in [1.29, 1.82) is 0 Å². The maximum atomic E-state index is 5.72. The smallest absolute Gasteiger partial charge is 0.117 e. The molecule has 2 nitrogen and oxygen atoms in total. The summed E-state index contributed by atoms with van der Waals surface area (Å²) in [7, 11) is 0. The molecule has 84 valence electrons. The molecule has 2 N–H and O–H groups in total. The van der Waals surface area contributed by atoms with Crippen LogP contribution in [0.3, 0.4) is 0 Å². The van der Waals surface area contributed by atoms with Crippen molar-refractivity contribution in [3.8, 4) is 0 Å².